The molecule has 0 aliphatic rings. The predicted octanol–water partition coefficient (Wildman–Crippen LogP) is 2.52. The summed E-state index contributed by atoms with van der Waals surface area (Å²) in [6, 6.07) is 0.810. The minimum Gasteiger partial charge on any atom is -0.466 e. The topological polar surface area (TPSA) is 26.3 Å². The normalized spacial score (nSPS) is 10.3. The van der Waals surface area contributed by atoms with Crippen molar-refractivity contribution in [1.82, 2.24) is 0 Å². The molecule has 0 bridgehead atoms. The molecule has 0 saturated carbocycles. The Morgan fingerprint density at radius 1 is 1.31 bits per heavy atom. The van der Waals surface area contributed by atoms with Crippen LogP contribution in [0, 0.1) is 24.4 Å². The molecule has 2 nitrogen and oxygen atoms in total. The van der Waals surface area contributed by atoms with Gasteiger partial charge in [-0.05, 0) is 31.0 Å². The standard InChI is InChI=1S/C11H11F3O2/c1-3-16-9(15)5-7-4-8(12)11(14)10(13)6(7)2/h4H,3,5H2,1-2H3. The molecule has 0 aliphatic heterocycles. The Morgan fingerprint density at radius 3 is 2.50 bits per heavy atom. The second-order valence-corrected chi connectivity index (χ2v) is 3.25. The van der Waals surface area contributed by atoms with Crippen LogP contribution >= 0.6 is 0 Å². The lowest BCUT2D eigenvalue weighted by Crippen LogP contribution is -2.10. The fourth-order valence-electron chi connectivity index (χ4n) is 1.29. The van der Waals surface area contributed by atoms with Crippen molar-refractivity contribution in [3.05, 3.63) is 34.6 Å². The number of carbonyl (C=O) groups excluding carboxylic acids is 1. The van der Waals surface area contributed by atoms with E-state index in [-0.39, 0.29) is 24.2 Å². The zero-order chi connectivity index (χ0) is 12.3. The number of hydrogen-bond donors (Lipinski definition) is 0. The van der Waals surface area contributed by atoms with Gasteiger partial charge in [-0.25, -0.2) is 13.2 Å². The summed E-state index contributed by atoms with van der Waals surface area (Å²) in [4.78, 5) is 11.1. The molecule has 88 valence electrons. The Balaban J connectivity index is 3.02. The highest BCUT2D eigenvalue weighted by Crippen LogP contribution is 2.19. The monoisotopic (exact) mass is 232 g/mol. The summed E-state index contributed by atoms with van der Waals surface area (Å²) in [6.07, 6.45) is -0.270. The third kappa shape index (κ3) is 2.53. The second kappa shape index (κ2) is 5.01. The van der Waals surface area contributed by atoms with Gasteiger partial charge in [0.15, 0.2) is 17.5 Å². The molecule has 0 amide bonds. The first-order chi connectivity index (χ1) is 7.47. The molecule has 0 atom stereocenters. The van der Waals surface area contributed by atoms with Gasteiger partial charge in [-0.1, -0.05) is 0 Å². The van der Waals surface area contributed by atoms with E-state index in [1.54, 1.807) is 6.92 Å². The quantitative estimate of drug-likeness (QED) is 0.591. The van der Waals surface area contributed by atoms with Crippen molar-refractivity contribution in [2.45, 2.75) is 20.3 Å². The molecule has 0 saturated heterocycles. The third-order valence-electron chi connectivity index (χ3n) is 2.15. The van der Waals surface area contributed by atoms with E-state index in [1.807, 2.05) is 0 Å². The number of esters is 1. The fraction of sp³-hybridized carbons (Fsp3) is 0.364. The highest BCUT2D eigenvalue weighted by atomic mass is 19.2. The lowest BCUT2D eigenvalue weighted by Gasteiger charge is -2.07. The molecule has 1 aromatic carbocycles. The molecule has 0 N–H and O–H groups in total. The highest BCUT2D eigenvalue weighted by molar-refractivity contribution is 5.73. The van der Waals surface area contributed by atoms with Gasteiger partial charge in [0.25, 0.3) is 0 Å². The Morgan fingerprint density at radius 2 is 1.94 bits per heavy atom. The molecule has 5 heteroatoms. The number of carbonyl (C=O) groups is 1. The van der Waals surface area contributed by atoms with Gasteiger partial charge in [0, 0.05) is 0 Å². The summed E-state index contributed by atoms with van der Waals surface area (Å²) in [5.74, 6) is -4.69. The molecule has 1 rings (SSSR count). The maximum atomic E-state index is 13.1. The van der Waals surface area contributed by atoms with Gasteiger partial charge >= 0.3 is 5.97 Å². The number of halogens is 3. The summed E-state index contributed by atoms with van der Waals surface area (Å²) in [6.45, 7) is 3.09. The van der Waals surface area contributed by atoms with Gasteiger partial charge < -0.3 is 4.74 Å². The maximum Gasteiger partial charge on any atom is 0.310 e. The Hall–Kier alpha value is -1.52. The van der Waals surface area contributed by atoms with Crippen LogP contribution in [0.2, 0.25) is 0 Å². The Labute approximate surface area is 91.0 Å². The van der Waals surface area contributed by atoms with Crippen molar-refractivity contribution >= 4 is 5.97 Å². The minimum atomic E-state index is -1.52. The zero-order valence-electron chi connectivity index (χ0n) is 8.94. The van der Waals surface area contributed by atoms with E-state index in [0.717, 1.165) is 6.07 Å². The number of rotatable bonds is 3. The Bertz CT molecular complexity index is 416. The van der Waals surface area contributed by atoms with E-state index in [2.05, 4.69) is 4.74 Å². The second-order valence-electron chi connectivity index (χ2n) is 3.25. The van der Waals surface area contributed by atoms with Gasteiger partial charge in [0.2, 0.25) is 0 Å². The first kappa shape index (κ1) is 12.5. The van der Waals surface area contributed by atoms with E-state index >= 15 is 0 Å². The number of benzene rings is 1. The van der Waals surface area contributed by atoms with Gasteiger partial charge in [-0.3, -0.25) is 4.79 Å². The van der Waals surface area contributed by atoms with Crippen molar-refractivity contribution in [2.75, 3.05) is 6.61 Å². The zero-order valence-corrected chi connectivity index (χ0v) is 8.94. The Kier molecular flexibility index (Phi) is 3.93. The fourth-order valence-corrected chi connectivity index (χ4v) is 1.29. The van der Waals surface area contributed by atoms with Gasteiger partial charge in [-0.2, -0.15) is 0 Å². The van der Waals surface area contributed by atoms with Crippen molar-refractivity contribution in [1.29, 1.82) is 0 Å². The van der Waals surface area contributed by atoms with Gasteiger partial charge in [-0.15, -0.1) is 0 Å². The van der Waals surface area contributed by atoms with Crippen LogP contribution in [-0.4, -0.2) is 12.6 Å². The predicted molar refractivity (Wildman–Crippen MR) is 51.4 cm³/mol. The average molecular weight is 232 g/mol. The van der Waals surface area contributed by atoms with Crippen LogP contribution in [0.15, 0.2) is 6.07 Å². The van der Waals surface area contributed by atoms with Gasteiger partial charge in [0.1, 0.15) is 0 Å². The lowest BCUT2D eigenvalue weighted by atomic mass is 10.0. The molecular formula is C11H11F3O2. The molecule has 0 aromatic heterocycles. The molecule has 0 unspecified atom stereocenters. The lowest BCUT2D eigenvalue weighted by molar-refractivity contribution is -0.142. The summed E-state index contributed by atoms with van der Waals surface area (Å²) in [5, 5.41) is 0. The smallest absolute Gasteiger partial charge is 0.310 e. The molecule has 0 heterocycles. The molecule has 16 heavy (non-hydrogen) atoms. The first-order valence-corrected chi connectivity index (χ1v) is 4.76. The maximum absolute atomic E-state index is 13.1. The number of hydrogen-bond acceptors (Lipinski definition) is 2. The largest absolute Gasteiger partial charge is 0.466 e. The van der Waals surface area contributed by atoms with Crippen LogP contribution in [0.1, 0.15) is 18.1 Å². The summed E-state index contributed by atoms with van der Waals surface area (Å²) in [7, 11) is 0. The summed E-state index contributed by atoms with van der Waals surface area (Å²) >= 11 is 0. The van der Waals surface area contributed by atoms with Crippen molar-refractivity contribution in [2.24, 2.45) is 0 Å². The van der Waals surface area contributed by atoms with E-state index in [9.17, 15) is 18.0 Å². The third-order valence-corrected chi connectivity index (χ3v) is 2.15. The van der Waals surface area contributed by atoms with Crippen LogP contribution in [-0.2, 0) is 16.0 Å². The summed E-state index contributed by atoms with van der Waals surface area (Å²) in [5.41, 5.74) is 0.0156. The van der Waals surface area contributed by atoms with Crippen LogP contribution in [0.4, 0.5) is 13.2 Å². The van der Waals surface area contributed by atoms with Gasteiger partial charge in [0.05, 0.1) is 13.0 Å². The molecule has 1 aromatic rings. The van der Waals surface area contributed by atoms with Crippen LogP contribution in [0.5, 0.6) is 0 Å². The summed E-state index contributed by atoms with van der Waals surface area (Å²) < 4.78 is 43.4. The molecule has 0 spiro atoms. The minimum absolute atomic E-state index is 0.0769. The molecular weight excluding hydrogens is 221 g/mol. The average Bonchev–Trinajstić information content (AvgIpc) is 2.23. The van der Waals surface area contributed by atoms with Crippen LogP contribution in [0.25, 0.3) is 0 Å². The molecule has 0 aliphatic carbocycles. The van der Waals surface area contributed by atoms with E-state index in [4.69, 9.17) is 0 Å². The van der Waals surface area contributed by atoms with E-state index in [1.165, 1.54) is 6.92 Å². The SMILES string of the molecule is CCOC(=O)Cc1cc(F)c(F)c(F)c1C. The van der Waals surface area contributed by atoms with Crippen LogP contribution < -0.4 is 0 Å². The molecule has 0 radical (unpaired) electrons. The van der Waals surface area contributed by atoms with Crippen LogP contribution in [0.3, 0.4) is 0 Å². The molecule has 0 fully saturated rings. The van der Waals surface area contributed by atoms with E-state index < -0.39 is 23.4 Å². The van der Waals surface area contributed by atoms with Crippen molar-refractivity contribution in [3.8, 4) is 0 Å². The van der Waals surface area contributed by atoms with Crippen molar-refractivity contribution < 1.29 is 22.7 Å². The number of ether oxygens (including phenoxy) is 1. The van der Waals surface area contributed by atoms with E-state index in [0.29, 0.717) is 0 Å². The first-order valence-electron chi connectivity index (χ1n) is 4.76. The highest BCUT2D eigenvalue weighted by Gasteiger charge is 2.17. The van der Waals surface area contributed by atoms with Crippen molar-refractivity contribution in [3.63, 3.8) is 0 Å².